The van der Waals surface area contributed by atoms with Crippen LogP contribution in [0.2, 0.25) is 0 Å². The van der Waals surface area contributed by atoms with Crippen LogP contribution in [-0.4, -0.2) is 12.6 Å². The highest BCUT2D eigenvalue weighted by Crippen LogP contribution is 2.30. The maximum atomic E-state index is 13.4. The van der Waals surface area contributed by atoms with E-state index in [2.05, 4.69) is 0 Å². The highest BCUT2D eigenvalue weighted by atomic mass is 19.1. The lowest BCUT2D eigenvalue weighted by Gasteiger charge is -2.28. The fourth-order valence-corrected chi connectivity index (χ4v) is 1.92. The molecular weight excluding hydrogens is 181 g/mol. The van der Waals surface area contributed by atoms with Crippen LogP contribution in [0, 0.1) is 5.82 Å². The average molecular weight is 195 g/mol. The van der Waals surface area contributed by atoms with Crippen LogP contribution in [0.25, 0.3) is 0 Å². The molecule has 14 heavy (non-hydrogen) atoms. The summed E-state index contributed by atoms with van der Waals surface area (Å²) in [6.07, 6.45) is 0.486. The molecule has 0 aromatic heterocycles. The zero-order valence-corrected chi connectivity index (χ0v) is 8.16. The summed E-state index contributed by atoms with van der Waals surface area (Å²) in [5, 5.41) is 0. The molecule has 1 heterocycles. The molecule has 0 saturated carbocycles. The molecule has 0 bridgehead atoms. The fraction of sp³-hybridized carbons (Fsp3) is 0.455. The Morgan fingerprint density at radius 1 is 1.57 bits per heavy atom. The van der Waals surface area contributed by atoms with Crippen molar-refractivity contribution in [2.24, 2.45) is 5.73 Å². The van der Waals surface area contributed by atoms with Gasteiger partial charge in [-0.15, -0.1) is 0 Å². The number of nitrogens with two attached hydrogens (primary N) is 1. The Morgan fingerprint density at radius 2 is 2.36 bits per heavy atom. The van der Waals surface area contributed by atoms with Crippen molar-refractivity contribution in [2.45, 2.75) is 25.5 Å². The third kappa shape index (κ3) is 1.53. The van der Waals surface area contributed by atoms with Gasteiger partial charge >= 0.3 is 0 Å². The first-order valence-corrected chi connectivity index (χ1v) is 4.84. The van der Waals surface area contributed by atoms with Crippen molar-refractivity contribution in [3.63, 3.8) is 0 Å². The maximum absolute atomic E-state index is 13.4. The first kappa shape index (κ1) is 9.62. The summed E-state index contributed by atoms with van der Waals surface area (Å²) >= 11 is 0. The molecule has 1 aromatic carbocycles. The normalized spacial score (nSPS) is 22.9. The molecule has 1 aromatic rings. The number of benzene rings is 1. The lowest BCUT2D eigenvalue weighted by molar-refractivity contribution is 0.0275. The molecular formula is C11H14FNO. The minimum Gasteiger partial charge on any atom is -0.372 e. The van der Waals surface area contributed by atoms with Gasteiger partial charge in [0.2, 0.25) is 0 Å². The van der Waals surface area contributed by atoms with Gasteiger partial charge in [-0.25, -0.2) is 4.39 Å². The molecule has 2 rings (SSSR count). The van der Waals surface area contributed by atoms with E-state index in [1.807, 2.05) is 13.0 Å². The van der Waals surface area contributed by atoms with Crippen molar-refractivity contribution in [1.29, 1.82) is 0 Å². The SMILES string of the molecule is CC(N)[C@H]1OCCc2c(F)cccc21. The zero-order chi connectivity index (χ0) is 10.1. The molecule has 0 spiro atoms. The Morgan fingerprint density at radius 3 is 3.07 bits per heavy atom. The van der Waals surface area contributed by atoms with Gasteiger partial charge in [-0.2, -0.15) is 0 Å². The van der Waals surface area contributed by atoms with Crippen LogP contribution >= 0.6 is 0 Å². The number of fused-ring (bicyclic) bond motifs is 1. The maximum Gasteiger partial charge on any atom is 0.126 e. The lowest BCUT2D eigenvalue weighted by atomic mass is 9.94. The predicted molar refractivity (Wildman–Crippen MR) is 52.4 cm³/mol. The molecule has 0 amide bonds. The van der Waals surface area contributed by atoms with Gasteiger partial charge in [0.15, 0.2) is 0 Å². The van der Waals surface area contributed by atoms with Gasteiger partial charge in [0.25, 0.3) is 0 Å². The van der Waals surface area contributed by atoms with Crippen molar-refractivity contribution in [3.05, 3.63) is 35.1 Å². The van der Waals surface area contributed by atoms with E-state index in [1.54, 1.807) is 6.07 Å². The minimum absolute atomic E-state index is 0.101. The van der Waals surface area contributed by atoms with Crippen LogP contribution in [0.3, 0.4) is 0 Å². The molecule has 2 nitrogen and oxygen atoms in total. The van der Waals surface area contributed by atoms with Gasteiger partial charge < -0.3 is 10.5 Å². The van der Waals surface area contributed by atoms with E-state index in [0.717, 1.165) is 11.1 Å². The van der Waals surface area contributed by atoms with Crippen molar-refractivity contribution in [2.75, 3.05) is 6.61 Å². The van der Waals surface area contributed by atoms with Crippen LogP contribution in [0.4, 0.5) is 4.39 Å². The predicted octanol–water partition coefficient (Wildman–Crippen LogP) is 1.79. The van der Waals surface area contributed by atoms with E-state index >= 15 is 0 Å². The molecule has 1 unspecified atom stereocenters. The zero-order valence-electron chi connectivity index (χ0n) is 8.16. The Balaban J connectivity index is 2.44. The summed E-state index contributed by atoms with van der Waals surface area (Å²) in [4.78, 5) is 0. The van der Waals surface area contributed by atoms with Gasteiger partial charge in [-0.3, -0.25) is 0 Å². The number of halogens is 1. The second-order valence-electron chi connectivity index (χ2n) is 3.71. The van der Waals surface area contributed by atoms with Crippen LogP contribution in [0.5, 0.6) is 0 Å². The molecule has 0 radical (unpaired) electrons. The summed E-state index contributed by atoms with van der Waals surface area (Å²) in [5.74, 6) is -0.142. The van der Waals surface area contributed by atoms with E-state index in [1.165, 1.54) is 6.07 Å². The second-order valence-corrected chi connectivity index (χ2v) is 3.71. The molecule has 3 heteroatoms. The molecule has 0 saturated heterocycles. The number of hydrogen-bond acceptors (Lipinski definition) is 2. The third-order valence-corrected chi connectivity index (χ3v) is 2.59. The van der Waals surface area contributed by atoms with Crippen molar-refractivity contribution in [1.82, 2.24) is 0 Å². The minimum atomic E-state index is -0.158. The Bertz CT molecular complexity index is 338. The van der Waals surface area contributed by atoms with E-state index in [4.69, 9.17) is 10.5 Å². The standard InChI is InChI=1S/C11H14FNO/c1-7(13)11-9-3-2-4-10(12)8(9)5-6-14-11/h2-4,7,11H,5-6,13H2,1H3/t7?,11-/m1/s1. The summed E-state index contributed by atoms with van der Waals surface area (Å²) in [6, 6.07) is 4.99. The van der Waals surface area contributed by atoms with Crippen molar-refractivity contribution < 1.29 is 9.13 Å². The van der Waals surface area contributed by atoms with Gasteiger partial charge in [-0.05, 0) is 30.5 Å². The second kappa shape index (κ2) is 3.67. The van der Waals surface area contributed by atoms with E-state index in [-0.39, 0.29) is 18.0 Å². The smallest absolute Gasteiger partial charge is 0.126 e. The summed E-state index contributed by atoms with van der Waals surface area (Å²) in [6.45, 7) is 2.44. The fourth-order valence-electron chi connectivity index (χ4n) is 1.92. The molecule has 76 valence electrons. The van der Waals surface area contributed by atoms with Crippen LogP contribution in [0.1, 0.15) is 24.2 Å². The highest BCUT2D eigenvalue weighted by molar-refractivity contribution is 5.33. The topological polar surface area (TPSA) is 35.2 Å². The number of ether oxygens (including phenoxy) is 1. The highest BCUT2D eigenvalue weighted by Gasteiger charge is 2.25. The van der Waals surface area contributed by atoms with Crippen molar-refractivity contribution >= 4 is 0 Å². The summed E-state index contributed by atoms with van der Waals surface area (Å²) < 4.78 is 18.9. The van der Waals surface area contributed by atoms with Crippen LogP contribution < -0.4 is 5.73 Å². The average Bonchev–Trinajstić information content (AvgIpc) is 2.17. The molecule has 2 N–H and O–H groups in total. The molecule has 0 fully saturated rings. The van der Waals surface area contributed by atoms with Crippen molar-refractivity contribution in [3.8, 4) is 0 Å². The molecule has 0 aliphatic carbocycles. The van der Waals surface area contributed by atoms with Gasteiger partial charge in [0.1, 0.15) is 5.82 Å². The summed E-state index contributed by atoms with van der Waals surface area (Å²) in [7, 11) is 0. The molecule has 1 aliphatic heterocycles. The van der Waals surface area contributed by atoms with Gasteiger partial charge in [-0.1, -0.05) is 12.1 Å². The summed E-state index contributed by atoms with van der Waals surface area (Å²) in [5.41, 5.74) is 7.46. The van der Waals surface area contributed by atoms with Crippen LogP contribution in [0.15, 0.2) is 18.2 Å². The van der Waals surface area contributed by atoms with E-state index in [9.17, 15) is 4.39 Å². The third-order valence-electron chi connectivity index (χ3n) is 2.59. The van der Waals surface area contributed by atoms with Gasteiger partial charge in [0.05, 0.1) is 12.7 Å². The largest absolute Gasteiger partial charge is 0.372 e. The Hall–Kier alpha value is -0.930. The van der Waals surface area contributed by atoms with Crippen LogP contribution in [-0.2, 0) is 11.2 Å². The Kier molecular flexibility index (Phi) is 2.52. The molecule has 2 atom stereocenters. The Labute approximate surface area is 82.9 Å². The number of rotatable bonds is 1. The van der Waals surface area contributed by atoms with E-state index < -0.39 is 0 Å². The first-order chi connectivity index (χ1) is 6.70. The number of hydrogen-bond donors (Lipinski definition) is 1. The lowest BCUT2D eigenvalue weighted by Crippen LogP contribution is -2.31. The van der Waals surface area contributed by atoms with E-state index in [0.29, 0.717) is 13.0 Å². The quantitative estimate of drug-likeness (QED) is 0.741. The monoisotopic (exact) mass is 195 g/mol. The first-order valence-electron chi connectivity index (χ1n) is 4.84. The molecule has 1 aliphatic rings. The van der Waals surface area contributed by atoms with Gasteiger partial charge in [0, 0.05) is 6.04 Å².